The number of hydrogen-bond donors (Lipinski definition) is 2. The number of anilines is 1. The Kier molecular flexibility index (Phi) is 7.25. The molecule has 0 aliphatic carbocycles. The van der Waals surface area contributed by atoms with Crippen molar-refractivity contribution in [3.05, 3.63) is 64.4 Å². The van der Waals surface area contributed by atoms with Crippen molar-refractivity contribution in [3.8, 4) is 0 Å². The summed E-state index contributed by atoms with van der Waals surface area (Å²) in [5, 5.41) is 13.0. The normalized spacial score (nSPS) is 18.0. The van der Waals surface area contributed by atoms with Gasteiger partial charge in [-0.3, -0.25) is 9.59 Å². The van der Waals surface area contributed by atoms with E-state index in [2.05, 4.69) is 5.32 Å². The molecule has 9 heteroatoms. The first-order chi connectivity index (χ1) is 14.7. The Hall–Kier alpha value is -2.97. The lowest BCUT2D eigenvalue weighted by molar-refractivity contribution is -0.155. The maximum Gasteiger partial charge on any atom is 0.329 e. The predicted molar refractivity (Wildman–Crippen MR) is 112 cm³/mol. The second kappa shape index (κ2) is 9.89. The number of rotatable bonds is 6. The number of halogens is 2. The molecule has 3 rings (SSSR count). The van der Waals surface area contributed by atoms with Gasteiger partial charge in [0.1, 0.15) is 11.9 Å². The predicted octanol–water partition coefficient (Wildman–Crippen LogP) is 2.47. The Bertz CT molecular complexity index is 1000. The zero-order valence-electron chi connectivity index (χ0n) is 16.8. The summed E-state index contributed by atoms with van der Waals surface area (Å²) in [5.41, 5.74) is 1.50. The van der Waals surface area contributed by atoms with Gasteiger partial charge >= 0.3 is 5.97 Å². The first kappa shape index (κ1) is 22.7. The van der Waals surface area contributed by atoms with Crippen LogP contribution in [0, 0.1) is 12.7 Å². The molecule has 164 valence electrons. The lowest BCUT2D eigenvalue weighted by Gasteiger charge is -2.23. The number of esters is 1. The van der Waals surface area contributed by atoms with Crippen LogP contribution in [0.1, 0.15) is 17.5 Å². The summed E-state index contributed by atoms with van der Waals surface area (Å²) in [6.45, 7) is 1.19. The van der Waals surface area contributed by atoms with Crippen LogP contribution in [-0.2, 0) is 25.5 Å². The number of aryl methyl sites for hydroxylation is 1. The standard InChI is InChI=1S/C22H22ClFN2O5/c1-13-6-7-15(9-17(13)23)25-20(28)12-31-22(30)19-10-16(27)11-26(19)21(29)8-14-4-2-3-5-18(14)24/h2-7,9,16,19,27H,8,10-12H2,1H3,(H,25,28). The lowest BCUT2D eigenvalue weighted by atomic mass is 10.1. The van der Waals surface area contributed by atoms with Crippen LogP contribution in [0.2, 0.25) is 5.02 Å². The van der Waals surface area contributed by atoms with E-state index in [9.17, 15) is 23.9 Å². The summed E-state index contributed by atoms with van der Waals surface area (Å²) in [4.78, 5) is 38.3. The van der Waals surface area contributed by atoms with Crippen LogP contribution in [-0.4, -0.2) is 53.1 Å². The topological polar surface area (TPSA) is 95.9 Å². The monoisotopic (exact) mass is 448 g/mol. The van der Waals surface area contributed by atoms with Gasteiger partial charge in [-0.2, -0.15) is 0 Å². The molecule has 2 amide bonds. The molecular weight excluding hydrogens is 427 g/mol. The zero-order chi connectivity index (χ0) is 22.5. The molecular formula is C22H22ClFN2O5. The highest BCUT2D eigenvalue weighted by atomic mass is 35.5. The molecule has 0 saturated carbocycles. The van der Waals surface area contributed by atoms with Gasteiger partial charge in [-0.15, -0.1) is 0 Å². The average Bonchev–Trinajstić information content (AvgIpc) is 3.12. The highest BCUT2D eigenvalue weighted by Crippen LogP contribution is 2.22. The third kappa shape index (κ3) is 5.80. The van der Waals surface area contributed by atoms with Crippen LogP contribution in [0.25, 0.3) is 0 Å². The SMILES string of the molecule is Cc1ccc(NC(=O)COC(=O)C2CC(O)CN2C(=O)Cc2ccccc2F)cc1Cl. The number of carbonyl (C=O) groups is 3. The fraction of sp³-hybridized carbons (Fsp3) is 0.318. The fourth-order valence-corrected chi connectivity index (χ4v) is 3.50. The van der Waals surface area contributed by atoms with E-state index in [1.807, 2.05) is 6.92 Å². The average molecular weight is 449 g/mol. The Balaban J connectivity index is 1.57. The quantitative estimate of drug-likeness (QED) is 0.662. The Morgan fingerprint density at radius 1 is 1.26 bits per heavy atom. The molecule has 1 fully saturated rings. The van der Waals surface area contributed by atoms with Crippen LogP contribution >= 0.6 is 11.6 Å². The minimum atomic E-state index is -1.05. The highest BCUT2D eigenvalue weighted by Gasteiger charge is 2.40. The number of nitrogens with one attached hydrogen (secondary N) is 1. The zero-order valence-corrected chi connectivity index (χ0v) is 17.6. The van der Waals surface area contributed by atoms with Gasteiger partial charge in [0.05, 0.1) is 12.5 Å². The molecule has 2 unspecified atom stereocenters. The Morgan fingerprint density at radius 3 is 2.71 bits per heavy atom. The van der Waals surface area contributed by atoms with Crippen molar-refractivity contribution in [2.24, 2.45) is 0 Å². The van der Waals surface area contributed by atoms with Gasteiger partial charge in [0, 0.05) is 23.7 Å². The van der Waals surface area contributed by atoms with E-state index in [4.69, 9.17) is 16.3 Å². The number of carbonyl (C=O) groups excluding carboxylic acids is 3. The van der Waals surface area contributed by atoms with Gasteiger partial charge in [0.2, 0.25) is 5.91 Å². The van der Waals surface area contributed by atoms with Crippen molar-refractivity contribution in [1.29, 1.82) is 0 Å². The molecule has 0 radical (unpaired) electrons. The van der Waals surface area contributed by atoms with Crippen molar-refractivity contribution in [1.82, 2.24) is 4.90 Å². The van der Waals surface area contributed by atoms with Crippen LogP contribution in [0.4, 0.5) is 10.1 Å². The number of benzene rings is 2. The van der Waals surface area contributed by atoms with Gasteiger partial charge < -0.3 is 20.1 Å². The molecule has 1 saturated heterocycles. The van der Waals surface area contributed by atoms with E-state index in [-0.39, 0.29) is 24.9 Å². The first-order valence-corrected chi connectivity index (χ1v) is 10.1. The molecule has 0 aromatic heterocycles. The smallest absolute Gasteiger partial charge is 0.329 e. The second-order valence-electron chi connectivity index (χ2n) is 7.34. The maximum absolute atomic E-state index is 13.8. The van der Waals surface area contributed by atoms with Gasteiger partial charge in [0.15, 0.2) is 6.61 Å². The van der Waals surface area contributed by atoms with E-state index < -0.39 is 42.4 Å². The summed E-state index contributed by atoms with van der Waals surface area (Å²) in [7, 11) is 0. The molecule has 1 aliphatic heterocycles. The number of ether oxygens (including phenoxy) is 1. The summed E-state index contributed by atoms with van der Waals surface area (Å²) in [5.74, 6) is -2.42. The highest BCUT2D eigenvalue weighted by molar-refractivity contribution is 6.31. The molecule has 0 spiro atoms. The van der Waals surface area contributed by atoms with Crippen LogP contribution in [0.3, 0.4) is 0 Å². The number of amides is 2. The molecule has 2 atom stereocenters. The van der Waals surface area contributed by atoms with Crippen LogP contribution in [0.15, 0.2) is 42.5 Å². The third-order valence-corrected chi connectivity index (χ3v) is 5.38. The van der Waals surface area contributed by atoms with Gasteiger partial charge in [-0.05, 0) is 36.2 Å². The third-order valence-electron chi connectivity index (χ3n) is 4.97. The summed E-state index contributed by atoms with van der Waals surface area (Å²) in [6, 6.07) is 9.78. The van der Waals surface area contributed by atoms with E-state index >= 15 is 0 Å². The van der Waals surface area contributed by atoms with E-state index in [0.29, 0.717) is 10.7 Å². The number of aliphatic hydroxyl groups excluding tert-OH is 1. The van der Waals surface area contributed by atoms with E-state index in [0.717, 1.165) is 10.5 Å². The lowest BCUT2D eigenvalue weighted by Crippen LogP contribution is -2.43. The first-order valence-electron chi connectivity index (χ1n) is 9.68. The van der Waals surface area contributed by atoms with Crippen molar-refractivity contribution < 1.29 is 28.6 Å². The molecule has 1 aliphatic rings. The second-order valence-corrected chi connectivity index (χ2v) is 7.75. The molecule has 31 heavy (non-hydrogen) atoms. The number of likely N-dealkylation sites (tertiary alicyclic amines) is 1. The van der Waals surface area contributed by atoms with Crippen molar-refractivity contribution in [2.75, 3.05) is 18.5 Å². The minimum absolute atomic E-state index is 0.0168. The summed E-state index contributed by atoms with van der Waals surface area (Å²) >= 11 is 6.02. The molecule has 1 heterocycles. The summed E-state index contributed by atoms with van der Waals surface area (Å²) < 4.78 is 18.9. The number of aliphatic hydroxyl groups is 1. The van der Waals surface area contributed by atoms with Crippen LogP contribution < -0.4 is 5.32 Å². The largest absolute Gasteiger partial charge is 0.454 e. The maximum atomic E-state index is 13.8. The molecule has 2 aromatic rings. The van der Waals surface area contributed by atoms with Gasteiger partial charge in [-0.1, -0.05) is 35.9 Å². The Morgan fingerprint density at radius 2 is 2.00 bits per heavy atom. The fourth-order valence-electron chi connectivity index (χ4n) is 3.32. The van der Waals surface area contributed by atoms with Crippen molar-refractivity contribution in [3.63, 3.8) is 0 Å². The van der Waals surface area contributed by atoms with Gasteiger partial charge in [-0.25, -0.2) is 9.18 Å². The number of nitrogens with zero attached hydrogens (tertiary/aromatic N) is 1. The van der Waals surface area contributed by atoms with E-state index in [1.54, 1.807) is 24.3 Å². The number of hydrogen-bond acceptors (Lipinski definition) is 5. The van der Waals surface area contributed by atoms with E-state index in [1.165, 1.54) is 18.2 Å². The molecule has 0 bridgehead atoms. The van der Waals surface area contributed by atoms with Crippen molar-refractivity contribution >= 4 is 35.1 Å². The van der Waals surface area contributed by atoms with Crippen LogP contribution in [0.5, 0.6) is 0 Å². The number of β-amino-alcohol motifs (C(OH)–C–C–N with tert-alkyl or cyclic N) is 1. The summed E-state index contributed by atoms with van der Waals surface area (Å²) in [6.07, 6.45) is -1.18. The van der Waals surface area contributed by atoms with Gasteiger partial charge in [0.25, 0.3) is 5.91 Å². The van der Waals surface area contributed by atoms with Crippen molar-refractivity contribution in [2.45, 2.75) is 31.9 Å². The molecule has 7 nitrogen and oxygen atoms in total. The Labute approximate surface area is 183 Å². The molecule has 2 aromatic carbocycles. The molecule has 2 N–H and O–H groups in total. The minimum Gasteiger partial charge on any atom is -0.454 e.